The predicted octanol–water partition coefficient (Wildman–Crippen LogP) is 2.92. The summed E-state index contributed by atoms with van der Waals surface area (Å²) in [6.07, 6.45) is 8.52. The van der Waals surface area contributed by atoms with E-state index in [9.17, 15) is 4.79 Å². The fourth-order valence-corrected chi connectivity index (χ4v) is 3.65. The van der Waals surface area contributed by atoms with Gasteiger partial charge in [-0.1, -0.05) is 43.2 Å². The van der Waals surface area contributed by atoms with E-state index in [2.05, 4.69) is 15.3 Å². The Morgan fingerprint density at radius 2 is 2.07 bits per heavy atom. The van der Waals surface area contributed by atoms with E-state index in [1.807, 2.05) is 30.3 Å². The standard InChI is InChI=1S/C23H29N5O2/c1-26-13-18(12-24)17-11-19(22(25)27-14-17)23(29)28-20-9-5-6-10-21(20)30-15-16-7-3-2-4-8-16/h2-4,7-8,11-14,20-21H,5-6,9-10,15,24H2,1H3,(H2,25,27)(H,28,29)/b18-12+,26-13?/t20-,21-/m0/s1. The maximum atomic E-state index is 13.0. The summed E-state index contributed by atoms with van der Waals surface area (Å²) in [6, 6.07) is 11.7. The lowest BCUT2D eigenvalue weighted by atomic mass is 9.92. The SMILES string of the molecule is CN=C/C(=C\N)c1cnc(N)c(C(=O)N[C@H]2CCCC[C@@H]2OCc2ccccc2)c1. The van der Waals surface area contributed by atoms with E-state index in [-0.39, 0.29) is 23.9 Å². The number of ether oxygens (including phenoxy) is 1. The van der Waals surface area contributed by atoms with Gasteiger partial charge in [0.2, 0.25) is 0 Å². The van der Waals surface area contributed by atoms with Crippen molar-refractivity contribution in [3.8, 4) is 0 Å². The van der Waals surface area contributed by atoms with Crippen molar-refractivity contribution >= 4 is 23.5 Å². The number of nitrogen functional groups attached to an aromatic ring is 1. The summed E-state index contributed by atoms with van der Waals surface area (Å²) in [4.78, 5) is 21.2. The van der Waals surface area contributed by atoms with Crippen LogP contribution in [-0.4, -0.2) is 36.3 Å². The van der Waals surface area contributed by atoms with Crippen LogP contribution in [0.5, 0.6) is 0 Å². The van der Waals surface area contributed by atoms with Crippen LogP contribution < -0.4 is 16.8 Å². The molecule has 7 heteroatoms. The Labute approximate surface area is 177 Å². The topological polar surface area (TPSA) is 116 Å². The second kappa shape index (κ2) is 10.5. The Morgan fingerprint density at radius 3 is 2.80 bits per heavy atom. The van der Waals surface area contributed by atoms with E-state index in [0.29, 0.717) is 23.3 Å². The number of benzene rings is 1. The van der Waals surface area contributed by atoms with Gasteiger partial charge < -0.3 is 21.5 Å². The molecular formula is C23H29N5O2. The fourth-order valence-electron chi connectivity index (χ4n) is 3.65. The molecule has 1 aromatic carbocycles. The molecule has 1 saturated carbocycles. The molecule has 5 N–H and O–H groups in total. The van der Waals surface area contributed by atoms with E-state index < -0.39 is 0 Å². The summed E-state index contributed by atoms with van der Waals surface area (Å²) in [5, 5.41) is 3.11. The number of rotatable bonds is 7. The molecular weight excluding hydrogens is 378 g/mol. The van der Waals surface area contributed by atoms with Crippen LogP contribution >= 0.6 is 0 Å². The molecule has 0 aliphatic heterocycles. The van der Waals surface area contributed by atoms with Crippen LogP contribution in [0.25, 0.3) is 5.57 Å². The quantitative estimate of drug-likeness (QED) is 0.610. The highest BCUT2D eigenvalue weighted by Crippen LogP contribution is 2.24. The number of nitrogens with zero attached hydrogens (tertiary/aromatic N) is 2. The number of aliphatic imine (C=N–C) groups is 1. The summed E-state index contributed by atoms with van der Waals surface area (Å²) in [5.74, 6) is -0.0782. The Morgan fingerprint density at radius 1 is 1.30 bits per heavy atom. The second-order valence-electron chi connectivity index (χ2n) is 7.37. The zero-order valence-corrected chi connectivity index (χ0v) is 17.3. The van der Waals surface area contributed by atoms with Gasteiger partial charge in [0.1, 0.15) is 5.82 Å². The van der Waals surface area contributed by atoms with E-state index in [4.69, 9.17) is 16.2 Å². The van der Waals surface area contributed by atoms with Crippen LogP contribution in [0.2, 0.25) is 0 Å². The van der Waals surface area contributed by atoms with E-state index >= 15 is 0 Å². The zero-order chi connectivity index (χ0) is 21.3. The van der Waals surface area contributed by atoms with Gasteiger partial charge in [-0.2, -0.15) is 0 Å². The molecule has 0 unspecified atom stereocenters. The molecule has 1 aliphatic rings. The van der Waals surface area contributed by atoms with Crippen LogP contribution in [0.15, 0.2) is 53.8 Å². The van der Waals surface area contributed by atoms with Gasteiger partial charge >= 0.3 is 0 Å². The molecule has 30 heavy (non-hydrogen) atoms. The Bertz CT molecular complexity index is 911. The molecule has 0 spiro atoms. The average Bonchev–Trinajstić information content (AvgIpc) is 2.78. The fraction of sp³-hybridized carbons (Fsp3) is 0.348. The van der Waals surface area contributed by atoms with E-state index in [0.717, 1.165) is 31.2 Å². The molecule has 7 nitrogen and oxygen atoms in total. The maximum Gasteiger partial charge on any atom is 0.255 e. The summed E-state index contributed by atoms with van der Waals surface area (Å²) >= 11 is 0. The number of anilines is 1. The van der Waals surface area contributed by atoms with Crippen molar-refractivity contribution in [2.24, 2.45) is 10.7 Å². The van der Waals surface area contributed by atoms with Crippen LogP contribution in [0.1, 0.15) is 47.2 Å². The molecule has 1 heterocycles. The van der Waals surface area contributed by atoms with Crippen LogP contribution in [0.4, 0.5) is 5.82 Å². The second-order valence-corrected chi connectivity index (χ2v) is 7.37. The number of allylic oxidation sites excluding steroid dienone is 1. The van der Waals surface area contributed by atoms with Gasteiger partial charge in [-0.05, 0) is 24.5 Å². The maximum absolute atomic E-state index is 13.0. The van der Waals surface area contributed by atoms with Crippen molar-refractivity contribution in [3.05, 3.63) is 65.5 Å². The van der Waals surface area contributed by atoms with Crippen molar-refractivity contribution < 1.29 is 9.53 Å². The Balaban J connectivity index is 1.71. The summed E-state index contributed by atoms with van der Waals surface area (Å²) in [5.41, 5.74) is 14.5. The third-order valence-electron chi connectivity index (χ3n) is 5.27. The zero-order valence-electron chi connectivity index (χ0n) is 17.3. The number of carbonyl (C=O) groups excluding carboxylic acids is 1. The van der Waals surface area contributed by atoms with Crippen molar-refractivity contribution in [1.29, 1.82) is 0 Å². The summed E-state index contributed by atoms with van der Waals surface area (Å²) < 4.78 is 6.16. The molecule has 0 radical (unpaired) electrons. The first-order valence-corrected chi connectivity index (χ1v) is 10.2. The Hall–Kier alpha value is -3.19. The highest BCUT2D eigenvalue weighted by molar-refractivity contribution is 6.10. The normalized spacial score (nSPS) is 19.7. The molecule has 1 fully saturated rings. The molecule has 158 valence electrons. The van der Waals surface area contributed by atoms with E-state index in [1.165, 1.54) is 6.20 Å². The van der Waals surface area contributed by atoms with Gasteiger partial charge in [0, 0.05) is 36.8 Å². The average molecular weight is 408 g/mol. The van der Waals surface area contributed by atoms with Crippen LogP contribution in [0, 0.1) is 0 Å². The van der Waals surface area contributed by atoms with E-state index in [1.54, 1.807) is 25.5 Å². The van der Waals surface area contributed by atoms with Gasteiger partial charge in [-0.25, -0.2) is 4.98 Å². The van der Waals surface area contributed by atoms with Crippen molar-refractivity contribution in [2.45, 2.75) is 44.4 Å². The number of pyridine rings is 1. The van der Waals surface area contributed by atoms with Crippen molar-refractivity contribution in [1.82, 2.24) is 10.3 Å². The summed E-state index contributed by atoms with van der Waals surface area (Å²) in [6.45, 7) is 0.526. The Kier molecular flexibility index (Phi) is 7.57. The lowest BCUT2D eigenvalue weighted by Crippen LogP contribution is -2.46. The van der Waals surface area contributed by atoms with Gasteiger partial charge in [0.25, 0.3) is 5.91 Å². The number of nitrogens with one attached hydrogen (secondary N) is 1. The van der Waals surface area contributed by atoms with Crippen molar-refractivity contribution in [2.75, 3.05) is 12.8 Å². The molecule has 2 aromatic rings. The predicted molar refractivity (Wildman–Crippen MR) is 120 cm³/mol. The van der Waals surface area contributed by atoms with Gasteiger partial charge in [-0.3, -0.25) is 9.79 Å². The number of amides is 1. The molecule has 1 aliphatic carbocycles. The van der Waals surface area contributed by atoms with Gasteiger partial charge in [0.15, 0.2) is 0 Å². The van der Waals surface area contributed by atoms with Gasteiger partial charge in [-0.15, -0.1) is 0 Å². The van der Waals surface area contributed by atoms with Gasteiger partial charge in [0.05, 0.1) is 24.3 Å². The molecule has 2 atom stereocenters. The minimum absolute atomic E-state index is 0.0352. The molecule has 0 bridgehead atoms. The first-order chi connectivity index (χ1) is 14.6. The monoisotopic (exact) mass is 407 g/mol. The highest BCUT2D eigenvalue weighted by atomic mass is 16.5. The van der Waals surface area contributed by atoms with Crippen molar-refractivity contribution in [3.63, 3.8) is 0 Å². The largest absolute Gasteiger partial charge is 0.404 e. The smallest absolute Gasteiger partial charge is 0.255 e. The third kappa shape index (κ3) is 5.45. The number of nitrogens with two attached hydrogens (primary N) is 2. The molecule has 0 saturated heterocycles. The lowest BCUT2D eigenvalue weighted by molar-refractivity contribution is -0.00460. The molecule has 1 amide bonds. The highest BCUT2D eigenvalue weighted by Gasteiger charge is 2.28. The first kappa shape index (κ1) is 21.5. The molecule has 1 aromatic heterocycles. The molecule has 3 rings (SSSR count). The lowest BCUT2D eigenvalue weighted by Gasteiger charge is -2.32. The summed E-state index contributed by atoms with van der Waals surface area (Å²) in [7, 11) is 1.65. The number of aromatic nitrogens is 1. The number of hydrogen-bond acceptors (Lipinski definition) is 6. The number of carbonyl (C=O) groups is 1. The number of hydrogen-bond donors (Lipinski definition) is 3. The minimum Gasteiger partial charge on any atom is -0.404 e. The minimum atomic E-state index is -0.258. The van der Waals surface area contributed by atoms with Crippen LogP contribution in [-0.2, 0) is 11.3 Å². The first-order valence-electron chi connectivity index (χ1n) is 10.2. The van der Waals surface area contributed by atoms with Crippen LogP contribution in [0.3, 0.4) is 0 Å². The third-order valence-corrected chi connectivity index (χ3v) is 5.27.